The molecule has 6 heteroatoms. The quantitative estimate of drug-likeness (QED) is 0.643. The summed E-state index contributed by atoms with van der Waals surface area (Å²) in [4.78, 5) is 14.1. The van der Waals surface area contributed by atoms with Gasteiger partial charge in [-0.25, -0.2) is 0 Å². The lowest BCUT2D eigenvalue weighted by Crippen LogP contribution is -2.14. The fraction of sp³-hybridized carbons (Fsp3) is 0.238. The van der Waals surface area contributed by atoms with Gasteiger partial charge in [0.1, 0.15) is 0 Å². The first-order chi connectivity index (χ1) is 12.9. The smallest absolute Gasteiger partial charge is 0.218 e. The largest absolute Gasteiger partial charge is 0.370 e. The van der Waals surface area contributed by atoms with Crippen LogP contribution in [0.25, 0.3) is 16.0 Å². The number of benzene rings is 1. The molecule has 4 nitrogen and oxygen atoms in total. The molecule has 0 spiro atoms. The molecule has 1 aliphatic rings. The Kier molecular flexibility index (Phi) is 4.44. The van der Waals surface area contributed by atoms with Crippen LogP contribution in [0.4, 0.5) is 0 Å². The molecule has 27 heavy (non-hydrogen) atoms. The molecule has 1 aromatic carbocycles. The average Bonchev–Trinajstić information content (AvgIpc) is 3.08. The van der Waals surface area contributed by atoms with E-state index in [1.165, 1.54) is 16.0 Å². The number of hydrogen-bond acceptors (Lipinski definition) is 4. The molecule has 0 unspecified atom stereocenters. The average molecular weight is 399 g/mol. The van der Waals surface area contributed by atoms with Crippen molar-refractivity contribution in [3.8, 4) is 10.4 Å². The highest BCUT2D eigenvalue weighted by Crippen LogP contribution is 2.49. The molecule has 138 valence electrons. The van der Waals surface area contributed by atoms with Crippen molar-refractivity contribution < 1.29 is 9.32 Å². The fourth-order valence-electron chi connectivity index (χ4n) is 3.64. The second-order valence-corrected chi connectivity index (χ2v) is 8.52. The number of carbonyl (C=O) groups excluding carboxylic acids is 1. The molecule has 3 aromatic rings. The maximum atomic E-state index is 11.7. The van der Waals surface area contributed by atoms with E-state index in [-0.39, 0.29) is 18.2 Å². The molecule has 2 N–H and O–H groups in total. The molecule has 1 amide bonds. The van der Waals surface area contributed by atoms with E-state index in [0.29, 0.717) is 10.8 Å². The standard InChI is InChI=1S/C21H19ClN2O2S/c1-10-12(3)27-21-18(10)16(13-4-6-15(22)7-5-13)8-14(9-17(23)25)20-19(21)11(2)24-26-20/h4-8,14H,9H2,1-3H3,(H2,23,25)/t14-/m0/s1. The summed E-state index contributed by atoms with van der Waals surface area (Å²) in [6, 6.07) is 7.77. The summed E-state index contributed by atoms with van der Waals surface area (Å²) in [5.41, 5.74) is 11.9. The van der Waals surface area contributed by atoms with E-state index in [1.807, 2.05) is 31.2 Å². The molecule has 1 aliphatic carbocycles. The van der Waals surface area contributed by atoms with Gasteiger partial charge in [-0.05, 0) is 49.6 Å². The van der Waals surface area contributed by atoms with Gasteiger partial charge in [0.25, 0.3) is 0 Å². The van der Waals surface area contributed by atoms with Crippen molar-refractivity contribution in [2.45, 2.75) is 33.1 Å². The van der Waals surface area contributed by atoms with Crippen LogP contribution in [-0.4, -0.2) is 11.1 Å². The number of nitrogens with zero attached hydrogens (tertiary/aromatic N) is 1. The fourth-order valence-corrected chi connectivity index (χ4v) is 5.05. The number of allylic oxidation sites excluding steroid dienone is 1. The van der Waals surface area contributed by atoms with Crippen molar-refractivity contribution in [1.82, 2.24) is 5.16 Å². The SMILES string of the molecule is Cc1noc2c1-c1sc(C)c(C)c1C(c1ccc(Cl)cc1)=C[C@H]2CC(N)=O. The van der Waals surface area contributed by atoms with Crippen LogP contribution in [0, 0.1) is 20.8 Å². The lowest BCUT2D eigenvalue weighted by Gasteiger charge is -2.12. The molecule has 2 heterocycles. The minimum absolute atomic E-state index is 0.172. The van der Waals surface area contributed by atoms with Gasteiger partial charge >= 0.3 is 0 Å². The highest BCUT2D eigenvalue weighted by Gasteiger charge is 2.32. The summed E-state index contributed by atoms with van der Waals surface area (Å²) < 4.78 is 5.67. The number of nitrogens with two attached hydrogens (primary N) is 1. The number of halogens is 1. The molecule has 0 fully saturated rings. The first-order valence-corrected chi connectivity index (χ1v) is 9.89. The summed E-state index contributed by atoms with van der Waals surface area (Å²) in [7, 11) is 0. The highest BCUT2D eigenvalue weighted by molar-refractivity contribution is 7.16. The molecule has 1 atom stereocenters. The summed E-state index contributed by atoms with van der Waals surface area (Å²) >= 11 is 7.82. The normalized spacial score (nSPS) is 15.7. The number of amides is 1. The van der Waals surface area contributed by atoms with Crippen LogP contribution in [0.3, 0.4) is 0 Å². The Balaban J connectivity index is 2.04. The Morgan fingerprint density at radius 1 is 1.22 bits per heavy atom. The third-order valence-corrected chi connectivity index (χ3v) is 6.53. The Bertz CT molecular complexity index is 1080. The van der Waals surface area contributed by atoms with E-state index >= 15 is 0 Å². The van der Waals surface area contributed by atoms with Crippen molar-refractivity contribution in [1.29, 1.82) is 0 Å². The van der Waals surface area contributed by atoms with Crippen molar-refractivity contribution in [2.75, 3.05) is 0 Å². The van der Waals surface area contributed by atoms with Crippen molar-refractivity contribution in [2.24, 2.45) is 5.73 Å². The number of aryl methyl sites for hydroxylation is 2. The second kappa shape index (κ2) is 6.66. The van der Waals surface area contributed by atoms with E-state index < -0.39 is 0 Å². The molecule has 0 radical (unpaired) electrons. The van der Waals surface area contributed by atoms with Crippen LogP contribution in [-0.2, 0) is 4.79 Å². The van der Waals surface area contributed by atoms with Crippen LogP contribution in [0.15, 0.2) is 34.9 Å². The predicted octanol–water partition coefficient (Wildman–Crippen LogP) is 5.39. The minimum atomic E-state index is -0.370. The summed E-state index contributed by atoms with van der Waals surface area (Å²) in [5, 5.41) is 4.86. The van der Waals surface area contributed by atoms with Crippen LogP contribution in [0.1, 0.15) is 45.4 Å². The zero-order valence-electron chi connectivity index (χ0n) is 15.3. The molecular weight excluding hydrogens is 380 g/mol. The van der Waals surface area contributed by atoms with E-state index in [2.05, 4.69) is 25.1 Å². The van der Waals surface area contributed by atoms with Crippen LogP contribution < -0.4 is 5.73 Å². The monoisotopic (exact) mass is 398 g/mol. The van der Waals surface area contributed by atoms with Crippen LogP contribution in [0.5, 0.6) is 0 Å². The summed E-state index contributed by atoms with van der Waals surface area (Å²) in [5.74, 6) is 0.0753. The maximum Gasteiger partial charge on any atom is 0.218 e. The first kappa shape index (κ1) is 18.0. The lowest BCUT2D eigenvalue weighted by molar-refractivity contribution is -0.118. The van der Waals surface area contributed by atoms with Crippen LogP contribution in [0.2, 0.25) is 5.02 Å². The molecular formula is C21H19ClN2O2S. The number of carbonyl (C=O) groups is 1. The Morgan fingerprint density at radius 2 is 1.93 bits per heavy atom. The van der Waals surface area contributed by atoms with E-state index in [4.69, 9.17) is 21.9 Å². The topological polar surface area (TPSA) is 69.1 Å². The Hall–Kier alpha value is -2.37. The number of rotatable bonds is 3. The number of hydrogen-bond donors (Lipinski definition) is 1. The molecule has 0 saturated heterocycles. The maximum absolute atomic E-state index is 11.7. The molecule has 4 rings (SSSR count). The highest BCUT2D eigenvalue weighted by atomic mass is 35.5. The van der Waals surface area contributed by atoms with Gasteiger partial charge in [-0.2, -0.15) is 0 Å². The van der Waals surface area contributed by atoms with Gasteiger partial charge in [-0.15, -0.1) is 11.3 Å². The zero-order chi connectivity index (χ0) is 19.3. The lowest BCUT2D eigenvalue weighted by atomic mass is 9.92. The number of fused-ring (bicyclic) bond motifs is 3. The van der Waals surface area contributed by atoms with E-state index in [9.17, 15) is 4.79 Å². The number of thiophene rings is 1. The van der Waals surface area contributed by atoms with E-state index in [1.54, 1.807) is 11.3 Å². The van der Waals surface area contributed by atoms with Gasteiger partial charge in [0, 0.05) is 32.7 Å². The molecule has 0 saturated carbocycles. The molecule has 0 bridgehead atoms. The molecule has 0 aliphatic heterocycles. The van der Waals surface area contributed by atoms with E-state index in [0.717, 1.165) is 27.3 Å². The number of primary amides is 1. The Morgan fingerprint density at radius 3 is 2.59 bits per heavy atom. The third-order valence-electron chi connectivity index (χ3n) is 5.05. The zero-order valence-corrected chi connectivity index (χ0v) is 16.9. The van der Waals surface area contributed by atoms with Gasteiger partial charge < -0.3 is 10.3 Å². The minimum Gasteiger partial charge on any atom is -0.370 e. The third kappa shape index (κ3) is 3.01. The Labute approximate surface area is 166 Å². The van der Waals surface area contributed by atoms with Crippen molar-refractivity contribution in [3.63, 3.8) is 0 Å². The first-order valence-electron chi connectivity index (χ1n) is 8.69. The van der Waals surface area contributed by atoms with Crippen molar-refractivity contribution >= 4 is 34.4 Å². The second-order valence-electron chi connectivity index (χ2n) is 6.86. The predicted molar refractivity (Wildman–Crippen MR) is 109 cm³/mol. The van der Waals surface area contributed by atoms with Crippen molar-refractivity contribution in [3.05, 3.63) is 68.4 Å². The van der Waals surface area contributed by atoms with Gasteiger partial charge in [-0.1, -0.05) is 35.0 Å². The van der Waals surface area contributed by atoms with Gasteiger partial charge in [0.05, 0.1) is 11.3 Å². The van der Waals surface area contributed by atoms with Gasteiger partial charge in [0.2, 0.25) is 5.91 Å². The number of aromatic nitrogens is 1. The molecule has 2 aromatic heterocycles. The van der Waals surface area contributed by atoms with Gasteiger partial charge in [0.15, 0.2) is 5.76 Å². The summed E-state index contributed by atoms with van der Waals surface area (Å²) in [6.45, 7) is 6.19. The van der Waals surface area contributed by atoms with Crippen LogP contribution >= 0.6 is 22.9 Å². The van der Waals surface area contributed by atoms with Gasteiger partial charge in [-0.3, -0.25) is 4.79 Å². The summed E-state index contributed by atoms with van der Waals surface area (Å²) in [6.07, 6.45) is 2.26.